The molecular formula is C13H25N3O5. The maximum Gasteiger partial charge on any atom is 0.323 e. The van der Waals surface area contributed by atoms with Gasteiger partial charge in [0, 0.05) is 32.7 Å². The first kappa shape index (κ1) is 19.2. The summed E-state index contributed by atoms with van der Waals surface area (Å²) in [6.45, 7) is 4.29. The monoisotopic (exact) mass is 303 g/mol. The van der Waals surface area contributed by atoms with Crippen LogP contribution in [0.2, 0.25) is 0 Å². The molecule has 1 unspecified atom stereocenters. The fourth-order valence-electron chi connectivity index (χ4n) is 1.56. The molecule has 0 aromatic heterocycles. The molecule has 0 aromatic carbocycles. The molecule has 0 saturated heterocycles. The Morgan fingerprint density at radius 2 is 1.90 bits per heavy atom. The summed E-state index contributed by atoms with van der Waals surface area (Å²) >= 11 is 0. The number of carboxylic acid groups (broad SMARTS) is 1. The molecule has 21 heavy (non-hydrogen) atoms. The van der Waals surface area contributed by atoms with Gasteiger partial charge in [-0.1, -0.05) is 6.92 Å². The van der Waals surface area contributed by atoms with Crippen molar-refractivity contribution < 1.29 is 24.2 Å². The number of urea groups is 1. The molecule has 3 N–H and O–H groups in total. The number of nitrogens with one attached hydrogen (secondary N) is 2. The van der Waals surface area contributed by atoms with Gasteiger partial charge in [-0.05, 0) is 13.3 Å². The second kappa shape index (κ2) is 10.9. The molecule has 0 aliphatic heterocycles. The van der Waals surface area contributed by atoms with Crippen molar-refractivity contribution in [1.82, 2.24) is 15.5 Å². The van der Waals surface area contributed by atoms with Crippen LogP contribution in [0.25, 0.3) is 0 Å². The Labute approximate surface area is 124 Å². The molecule has 8 heteroatoms. The van der Waals surface area contributed by atoms with Crippen LogP contribution in [0.1, 0.15) is 26.7 Å². The predicted octanol–water partition coefficient (Wildman–Crippen LogP) is 0.0338. The van der Waals surface area contributed by atoms with E-state index in [9.17, 15) is 14.4 Å². The van der Waals surface area contributed by atoms with E-state index in [0.29, 0.717) is 19.6 Å². The maximum atomic E-state index is 11.9. The Morgan fingerprint density at radius 1 is 1.24 bits per heavy atom. The van der Waals surface area contributed by atoms with Gasteiger partial charge in [-0.25, -0.2) is 4.79 Å². The Morgan fingerprint density at radius 3 is 2.43 bits per heavy atom. The van der Waals surface area contributed by atoms with E-state index in [4.69, 9.17) is 9.84 Å². The van der Waals surface area contributed by atoms with Crippen LogP contribution in [0.4, 0.5) is 4.79 Å². The highest BCUT2D eigenvalue weighted by atomic mass is 16.5. The highest BCUT2D eigenvalue weighted by Crippen LogP contribution is 2.03. The summed E-state index contributed by atoms with van der Waals surface area (Å²) in [5.74, 6) is -1.26. The van der Waals surface area contributed by atoms with Crippen molar-refractivity contribution in [2.45, 2.75) is 32.7 Å². The van der Waals surface area contributed by atoms with Gasteiger partial charge in [-0.15, -0.1) is 0 Å². The van der Waals surface area contributed by atoms with Gasteiger partial charge < -0.3 is 25.4 Å². The lowest BCUT2D eigenvalue weighted by atomic mass is 10.2. The number of ether oxygens (including phenoxy) is 1. The Kier molecular flexibility index (Phi) is 9.95. The second-order valence-electron chi connectivity index (χ2n) is 4.60. The van der Waals surface area contributed by atoms with Crippen LogP contribution in [-0.2, 0) is 14.3 Å². The molecule has 0 radical (unpaired) electrons. The lowest BCUT2D eigenvalue weighted by Crippen LogP contribution is -2.48. The molecule has 0 aliphatic rings. The number of rotatable bonds is 10. The van der Waals surface area contributed by atoms with Crippen LogP contribution in [0.15, 0.2) is 0 Å². The molecule has 0 aliphatic carbocycles. The minimum atomic E-state index is -1.07. The first-order valence-electron chi connectivity index (χ1n) is 6.94. The van der Waals surface area contributed by atoms with Crippen LogP contribution < -0.4 is 10.6 Å². The van der Waals surface area contributed by atoms with Gasteiger partial charge in [0.2, 0.25) is 5.91 Å². The van der Waals surface area contributed by atoms with Crippen molar-refractivity contribution >= 4 is 17.9 Å². The fourth-order valence-corrected chi connectivity index (χ4v) is 1.56. The van der Waals surface area contributed by atoms with Crippen LogP contribution in [0.5, 0.6) is 0 Å². The molecule has 0 bridgehead atoms. The molecule has 0 fully saturated rings. The molecule has 0 saturated carbocycles. The van der Waals surface area contributed by atoms with Crippen molar-refractivity contribution in [3.63, 3.8) is 0 Å². The minimum absolute atomic E-state index is 0.136. The maximum absolute atomic E-state index is 11.9. The van der Waals surface area contributed by atoms with Crippen LogP contribution in [-0.4, -0.2) is 67.3 Å². The summed E-state index contributed by atoms with van der Waals surface area (Å²) in [7, 11) is 1.54. The van der Waals surface area contributed by atoms with Gasteiger partial charge in [-0.2, -0.15) is 0 Å². The fraction of sp³-hybridized carbons (Fsp3) is 0.769. The van der Waals surface area contributed by atoms with E-state index in [1.165, 1.54) is 12.0 Å². The summed E-state index contributed by atoms with van der Waals surface area (Å²) in [6, 6.07) is -0.659. The van der Waals surface area contributed by atoms with Crippen molar-refractivity contribution in [2.24, 2.45) is 0 Å². The third kappa shape index (κ3) is 8.85. The van der Waals surface area contributed by atoms with Crippen LogP contribution >= 0.6 is 0 Å². The van der Waals surface area contributed by atoms with Gasteiger partial charge >= 0.3 is 12.0 Å². The molecule has 0 aromatic rings. The van der Waals surface area contributed by atoms with E-state index in [2.05, 4.69) is 10.6 Å². The van der Waals surface area contributed by atoms with Crippen molar-refractivity contribution in [3.8, 4) is 0 Å². The third-order valence-electron chi connectivity index (χ3n) is 2.95. The number of hydrogen-bond donors (Lipinski definition) is 3. The highest BCUT2D eigenvalue weighted by molar-refractivity contribution is 5.81. The minimum Gasteiger partial charge on any atom is -0.480 e. The van der Waals surface area contributed by atoms with E-state index < -0.39 is 12.0 Å². The first-order chi connectivity index (χ1) is 9.92. The van der Waals surface area contributed by atoms with E-state index in [0.717, 1.165) is 0 Å². The van der Waals surface area contributed by atoms with E-state index in [-0.39, 0.29) is 31.5 Å². The summed E-state index contributed by atoms with van der Waals surface area (Å²) in [6.07, 6.45) is 0.787. The predicted molar refractivity (Wildman–Crippen MR) is 77.0 cm³/mol. The molecule has 122 valence electrons. The lowest BCUT2D eigenvalue weighted by Gasteiger charge is -2.27. The summed E-state index contributed by atoms with van der Waals surface area (Å²) < 4.78 is 4.80. The first-order valence-corrected chi connectivity index (χ1v) is 6.94. The van der Waals surface area contributed by atoms with Gasteiger partial charge in [0.25, 0.3) is 0 Å². The standard InChI is InChI=1S/C13H25N3O5/c1-4-10(2)16(9-12(18)19)13(20)15-6-5-11(17)14-7-8-21-3/h10H,4-9H2,1-3H3,(H,14,17)(H,15,20)(H,18,19). The molecule has 1 atom stereocenters. The van der Waals surface area contributed by atoms with Gasteiger partial charge in [-0.3, -0.25) is 9.59 Å². The lowest BCUT2D eigenvalue weighted by molar-refractivity contribution is -0.138. The topological polar surface area (TPSA) is 108 Å². The zero-order valence-corrected chi connectivity index (χ0v) is 12.8. The van der Waals surface area contributed by atoms with Crippen LogP contribution in [0, 0.1) is 0 Å². The zero-order chi connectivity index (χ0) is 16.3. The number of hydrogen-bond acceptors (Lipinski definition) is 4. The number of nitrogens with zero attached hydrogens (tertiary/aromatic N) is 1. The normalized spacial score (nSPS) is 11.6. The SMILES string of the molecule is CCC(C)N(CC(=O)O)C(=O)NCCC(=O)NCCOC. The third-order valence-corrected chi connectivity index (χ3v) is 2.95. The Bertz CT molecular complexity index is 349. The van der Waals surface area contributed by atoms with Gasteiger partial charge in [0.05, 0.1) is 6.61 Å². The number of aliphatic carboxylic acids is 1. The molecule has 0 heterocycles. The molecule has 3 amide bonds. The summed E-state index contributed by atoms with van der Waals surface area (Å²) in [5.41, 5.74) is 0. The van der Waals surface area contributed by atoms with E-state index in [1.54, 1.807) is 6.92 Å². The summed E-state index contributed by atoms with van der Waals surface area (Å²) in [4.78, 5) is 35.3. The summed E-state index contributed by atoms with van der Waals surface area (Å²) in [5, 5.41) is 14.0. The molecular weight excluding hydrogens is 278 g/mol. The average Bonchev–Trinajstić information content (AvgIpc) is 2.43. The average molecular weight is 303 g/mol. The smallest absolute Gasteiger partial charge is 0.323 e. The zero-order valence-electron chi connectivity index (χ0n) is 12.8. The van der Waals surface area contributed by atoms with Crippen LogP contribution in [0.3, 0.4) is 0 Å². The number of methoxy groups -OCH3 is 1. The number of carbonyl (C=O) groups excluding carboxylic acids is 2. The Balaban J connectivity index is 4.13. The molecule has 0 rings (SSSR count). The number of carbonyl (C=O) groups is 3. The quantitative estimate of drug-likeness (QED) is 0.494. The Hall–Kier alpha value is -1.83. The molecule has 8 nitrogen and oxygen atoms in total. The highest BCUT2D eigenvalue weighted by Gasteiger charge is 2.21. The van der Waals surface area contributed by atoms with Crippen molar-refractivity contribution in [3.05, 3.63) is 0 Å². The van der Waals surface area contributed by atoms with Gasteiger partial charge in [0.15, 0.2) is 0 Å². The number of carboxylic acids is 1. The van der Waals surface area contributed by atoms with Crippen molar-refractivity contribution in [2.75, 3.05) is 33.4 Å². The number of amides is 3. The second-order valence-corrected chi connectivity index (χ2v) is 4.60. The van der Waals surface area contributed by atoms with E-state index in [1.807, 2.05) is 6.92 Å². The molecule has 0 spiro atoms. The van der Waals surface area contributed by atoms with Gasteiger partial charge in [0.1, 0.15) is 6.54 Å². The van der Waals surface area contributed by atoms with E-state index >= 15 is 0 Å². The largest absolute Gasteiger partial charge is 0.480 e. The van der Waals surface area contributed by atoms with Crippen molar-refractivity contribution in [1.29, 1.82) is 0 Å².